The van der Waals surface area contributed by atoms with Crippen LogP contribution in [-0.2, 0) is 9.53 Å². The topological polar surface area (TPSA) is 55.4 Å². The van der Waals surface area contributed by atoms with E-state index in [1.807, 2.05) is 0 Å². The number of benzene rings is 1. The molecule has 1 N–H and O–H groups in total. The van der Waals surface area contributed by atoms with Crippen LogP contribution in [0.15, 0.2) is 18.2 Å². The Morgan fingerprint density at radius 2 is 1.89 bits per heavy atom. The molecule has 0 fully saturated rings. The van der Waals surface area contributed by atoms with Gasteiger partial charge in [0.2, 0.25) is 0 Å². The van der Waals surface area contributed by atoms with Crippen molar-refractivity contribution in [2.75, 3.05) is 6.61 Å². The molecule has 0 saturated carbocycles. The zero-order valence-corrected chi connectivity index (χ0v) is 11.5. The minimum Gasteiger partial charge on any atom is -0.464 e. The van der Waals surface area contributed by atoms with Crippen LogP contribution in [0.4, 0.5) is 0 Å². The number of amides is 1. The van der Waals surface area contributed by atoms with Crippen molar-refractivity contribution >= 4 is 35.1 Å². The van der Waals surface area contributed by atoms with E-state index in [0.717, 1.165) is 0 Å². The molecule has 1 aromatic rings. The van der Waals surface area contributed by atoms with Crippen LogP contribution >= 0.6 is 23.2 Å². The lowest BCUT2D eigenvalue weighted by molar-refractivity contribution is -0.144. The summed E-state index contributed by atoms with van der Waals surface area (Å²) in [4.78, 5) is 23.3. The first kappa shape index (κ1) is 14.8. The van der Waals surface area contributed by atoms with Gasteiger partial charge in [0.1, 0.15) is 6.04 Å². The van der Waals surface area contributed by atoms with Gasteiger partial charge in [0.15, 0.2) is 0 Å². The van der Waals surface area contributed by atoms with Gasteiger partial charge in [0.05, 0.1) is 22.2 Å². The molecule has 1 rings (SSSR count). The maximum atomic E-state index is 11.9. The molecule has 0 spiro atoms. The Labute approximate surface area is 115 Å². The Morgan fingerprint density at radius 1 is 1.33 bits per heavy atom. The first-order chi connectivity index (χ1) is 8.47. The van der Waals surface area contributed by atoms with Crippen molar-refractivity contribution in [2.24, 2.45) is 0 Å². The summed E-state index contributed by atoms with van der Waals surface area (Å²) < 4.78 is 4.78. The molecule has 0 radical (unpaired) electrons. The molecule has 1 atom stereocenters. The third-order valence-electron chi connectivity index (χ3n) is 2.18. The molecule has 6 heteroatoms. The van der Waals surface area contributed by atoms with Crippen molar-refractivity contribution < 1.29 is 14.3 Å². The molecule has 0 saturated heterocycles. The molecule has 1 unspecified atom stereocenters. The van der Waals surface area contributed by atoms with Crippen LogP contribution in [0.2, 0.25) is 10.0 Å². The fourth-order valence-electron chi connectivity index (χ4n) is 1.31. The Morgan fingerprint density at radius 3 is 2.39 bits per heavy atom. The molecule has 1 amide bonds. The number of rotatable bonds is 4. The lowest BCUT2D eigenvalue weighted by Crippen LogP contribution is -2.39. The average molecular weight is 290 g/mol. The monoisotopic (exact) mass is 289 g/mol. The van der Waals surface area contributed by atoms with E-state index < -0.39 is 17.9 Å². The molecule has 0 aromatic heterocycles. The summed E-state index contributed by atoms with van der Waals surface area (Å²) in [5, 5.41) is 2.94. The largest absolute Gasteiger partial charge is 0.464 e. The summed E-state index contributed by atoms with van der Waals surface area (Å²) in [6, 6.07) is 3.98. The van der Waals surface area contributed by atoms with Gasteiger partial charge in [0, 0.05) is 0 Å². The quantitative estimate of drug-likeness (QED) is 0.867. The van der Waals surface area contributed by atoms with Crippen molar-refractivity contribution in [1.82, 2.24) is 5.32 Å². The molecular weight excluding hydrogens is 277 g/mol. The predicted molar refractivity (Wildman–Crippen MR) is 70.0 cm³/mol. The van der Waals surface area contributed by atoms with Gasteiger partial charge >= 0.3 is 5.97 Å². The zero-order chi connectivity index (χ0) is 13.7. The summed E-state index contributed by atoms with van der Waals surface area (Å²) in [5.41, 5.74) is 0.150. The second-order valence-corrected chi connectivity index (χ2v) is 4.36. The first-order valence-corrected chi connectivity index (χ1v) is 6.14. The molecular formula is C12H13Cl2NO3. The summed E-state index contributed by atoms with van der Waals surface area (Å²) in [5.74, 6) is -1.01. The second-order valence-electron chi connectivity index (χ2n) is 3.54. The Bertz CT molecular complexity index is 442. The fourth-order valence-corrected chi connectivity index (χ4v) is 1.88. The van der Waals surface area contributed by atoms with E-state index >= 15 is 0 Å². The van der Waals surface area contributed by atoms with E-state index in [0.29, 0.717) is 0 Å². The average Bonchev–Trinajstić information content (AvgIpc) is 2.28. The lowest BCUT2D eigenvalue weighted by Gasteiger charge is -2.13. The van der Waals surface area contributed by atoms with Crippen LogP contribution in [0, 0.1) is 0 Å². The van der Waals surface area contributed by atoms with Gasteiger partial charge < -0.3 is 10.1 Å². The van der Waals surface area contributed by atoms with Gasteiger partial charge in [-0.1, -0.05) is 29.3 Å². The molecule has 0 bridgehead atoms. The van der Waals surface area contributed by atoms with Gasteiger partial charge in [-0.3, -0.25) is 4.79 Å². The number of ether oxygens (including phenoxy) is 1. The lowest BCUT2D eigenvalue weighted by atomic mass is 10.2. The Kier molecular flexibility index (Phi) is 5.44. The van der Waals surface area contributed by atoms with Crippen LogP contribution in [0.1, 0.15) is 24.2 Å². The van der Waals surface area contributed by atoms with Gasteiger partial charge in [0.25, 0.3) is 5.91 Å². The number of halogens is 2. The molecule has 0 aliphatic carbocycles. The minimum atomic E-state index is -0.759. The number of nitrogens with one attached hydrogen (secondary N) is 1. The van der Waals surface area contributed by atoms with Crippen LogP contribution in [-0.4, -0.2) is 24.5 Å². The highest BCUT2D eigenvalue weighted by atomic mass is 35.5. The summed E-state index contributed by atoms with van der Waals surface area (Å²) in [6.07, 6.45) is 0. The van der Waals surface area contributed by atoms with Gasteiger partial charge in [-0.15, -0.1) is 0 Å². The number of hydrogen-bond acceptors (Lipinski definition) is 3. The fraction of sp³-hybridized carbons (Fsp3) is 0.333. The van der Waals surface area contributed by atoms with Crippen LogP contribution in [0.3, 0.4) is 0 Å². The molecule has 0 aliphatic rings. The van der Waals surface area contributed by atoms with Gasteiger partial charge in [-0.25, -0.2) is 4.79 Å². The van der Waals surface area contributed by atoms with Gasteiger partial charge in [-0.2, -0.15) is 0 Å². The molecule has 0 heterocycles. The summed E-state index contributed by atoms with van der Waals surface area (Å²) in [6.45, 7) is 3.48. The highest BCUT2D eigenvalue weighted by Gasteiger charge is 2.20. The number of carbonyl (C=O) groups is 2. The molecule has 98 valence electrons. The van der Waals surface area contributed by atoms with Crippen molar-refractivity contribution in [2.45, 2.75) is 19.9 Å². The Balaban J connectivity index is 2.80. The standard InChI is InChI=1S/C12H13Cl2NO3/c1-3-18-12(17)7(2)15-11(16)10-8(13)5-4-6-9(10)14/h4-7H,3H2,1-2H3,(H,15,16). The SMILES string of the molecule is CCOC(=O)C(C)NC(=O)c1c(Cl)cccc1Cl. The first-order valence-electron chi connectivity index (χ1n) is 5.38. The van der Waals surface area contributed by atoms with Crippen molar-refractivity contribution in [3.63, 3.8) is 0 Å². The zero-order valence-electron chi connectivity index (χ0n) is 10.00. The number of esters is 1. The van der Waals surface area contributed by atoms with Crippen LogP contribution in [0.5, 0.6) is 0 Å². The smallest absolute Gasteiger partial charge is 0.328 e. The molecule has 18 heavy (non-hydrogen) atoms. The number of carbonyl (C=O) groups excluding carboxylic acids is 2. The Hall–Kier alpha value is -1.26. The molecule has 4 nitrogen and oxygen atoms in total. The maximum Gasteiger partial charge on any atom is 0.328 e. The second kappa shape index (κ2) is 6.61. The third kappa shape index (κ3) is 3.62. The van der Waals surface area contributed by atoms with E-state index in [1.54, 1.807) is 25.1 Å². The third-order valence-corrected chi connectivity index (χ3v) is 2.81. The highest BCUT2D eigenvalue weighted by Crippen LogP contribution is 2.24. The van der Waals surface area contributed by atoms with E-state index in [4.69, 9.17) is 27.9 Å². The van der Waals surface area contributed by atoms with E-state index in [2.05, 4.69) is 5.32 Å². The van der Waals surface area contributed by atoms with Crippen LogP contribution in [0.25, 0.3) is 0 Å². The highest BCUT2D eigenvalue weighted by molar-refractivity contribution is 6.39. The maximum absolute atomic E-state index is 11.9. The predicted octanol–water partition coefficient (Wildman–Crippen LogP) is 2.67. The van der Waals surface area contributed by atoms with Crippen molar-refractivity contribution in [3.8, 4) is 0 Å². The van der Waals surface area contributed by atoms with E-state index in [-0.39, 0.29) is 22.2 Å². The van der Waals surface area contributed by atoms with Gasteiger partial charge in [-0.05, 0) is 26.0 Å². The molecule has 0 aliphatic heterocycles. The normalized spacial score (nSPS) is 11.8. The van der Waals surface area contributed by atoms with Crippen molar-refractivity contribution in [3.05, 3.63) is 33.8 Å². The number of hydrogen-bond donors (Lipinski definition) is 1. The minimum absolute atomic E-state index is 0.150. The van der Waals surface area contributed by atoms with Crippen molar-refractivity contribution in [1.29, 1.82) is 0 Å². The molecule has 1 aromatic carbocycles. The summed E-state index contributed by atoms with van der Waals surface area (Å²) in [7, 11) is 0. The summed E-state index contributed by atoms with van der Waals surface area (Å²) >= 11 is 11.8. The van der Waals surface area contributed by atoms with Crippen LogP contribution < -0.4 is 5.32 Å². The van der Waals surface area contributed by atoms with E-state index in [1.165, 1.54) is 6.92 Å². The van der Waals surface area contributed by atoms with E-state index in [9.17, 15) is 9.59 Å².